The highest BCUT2D eigenvalue weighted by molar-refractivity contribution is 9.11. The van der Waals surface area contributed by atoms with Gasteiger partial charge in [0.05, 0.1) is 4.47 Å². The third-order valence-corrected chi connectivity index (χ3v) is 5.32. The summed E-state index contributed by atoms with van der Waals surface area (Å²) in [6.45, 7) is 1.89. The van der Waals surface area contributed by atoms with Gasteiger partial charge in [0, 0.05) is 10.7 Å². The van der Waals surface area contributed by atoms with E-state index in [-0.39, 0.29) is 10.7 Å². The first-order chi connectivity index (χ1) is 8.90. The lowest BCUT2D eigenvalue weighted by Crippen LogP contribution is -2.14. The number of aromatic nitrogens is 1. The third kappa shape index (κ3) is 3.34. The minimum atomic E-state index is -3.67. The van der Waals surface area contributed by atoms with Crippen molar-refractivity contribution in [1.29, 1.82) is 0 Å². The number of benzene rings is 1. The van der Waals surface area contributed by atoms with E-state index in [9.17, 15) is 8.42 Å². The van der Waals surface area contributed by atoms with Gasteiger partial charge in [-0.05, 0) is 68.6 Å². The van der Waals surface area contributed by atoms with Crippen LogP contribution in [0.15, 0.2) is 50.4 Å². The van der Waals surface area contributed by atoms with Crippen molar-refractivity contribution in [2.75, 3.05) is 4.72 Å². The molecule has 0 saturated carbocycles. The molecule has 100 valence electrons. The molecule has 2 rings (SSSR count). The van der Waals surface area contributed by atoms with E-state index in [0.717, 1.165) is 5.56 Å². The van der Waals surface area contributed by atoms with Crippen molar-refractivity contribution in [3.63, 3.8) is 0 Å². The lowest BCUT2D eigenvalue weighted by molar-refractivity contribution is 0.600. The summed E-state index contributed by atoms with van der Waals surface area (Å²) in [5.41, 5.74) is 0.977. The van der Waals surface area contributed by atoms with E-state index >= 15 is 0 Å². The fourth-order valence-electron chi connectivity index (χ4n) is 1.47. The van der Waals surface area contributed by atoms with E-state index in [1.165, 1.54) is 6.20 Å². The molecule has 0 unspecified atom stereocenters. The summed E-state index contributed by atoms with van der Waals surface area (Å²) in [6.07, 6.45) is 1.52. The van der Waals surface area contributed by atoms with Gasteiger partial charge in [0.25, 0.3) is 10.0 Å². The minimum Gasteiger partial charge on any atom is -0.262 e. The highest BCUT2D eigenvalue weighted by Crippen LogP contribution is 2.27. The number of aryl methyl sites for hydroxylation is 1. The molecule has 1 aromatic carbocycles. The first-order valence-electron chi connectivity index (χ1n) is 5.29. The van der Waals surface area contributed by atoms with Gasteiger partial charge < -0.3 is 0 Å². The van der Waals surface area contributed by atoms with Gasteiger partial charge in [0.1, 0.15) is 4.90 Å². The molecule has 0 atom stereocenters. The Morgan fingerprint density at radius 2 is 1.89 bits per heavy atom. The lowest BCUT2D eigenvalue weighted by atomic mass is 10.2. The van der Waals surface area contributed by atoms with E-state index in [1.807, 2.05) is 6.92 Å². The molecule has 0 aliphatic rings. The van der Waals surface area contributed by atoms with Crippen molar-refractivity contribution in [2.45, 2.75) is 11.8 Å². The molecule has 0 aliphatic carbocycles. The maximum absolute atomic E-state index is 12.3. The van der Waals surface area contributed by atoms with Crippen molar-refractivity contribution >= 4 is 47.7 Å². The second-order valence-electron chi connectivity index (χ2n) is 3.87. The monoisotopic (exact) mass is 404 g/mol. The van der Waals surface area contributed by atoms with Crippen LogP contribution in [0, 0.1) is 6.92 Å². The molecule has 0 aliphatic heterocycles. The molecule has 19 heavy (non-hydrogen) atoms. The summed E-state index contributed by atoms with van der Waals surface area (Å²) in [4.78, 5) is 4.16. The normalized spacial score (nSPS) is 11.3. The molecule has 0 bridgehead atoms. The molecule has 4 nitrogen and oxygen atoms in total. The Morgan fingerprint density at radius 3 is 2.53 bits per heavy atom. The number of hydrogen-bond donors (Lipinski definition) is 1. The van der Waals surface area contributed by atoms with Gasteiger partial charge >= 0.3 is 0 Å². The fraction of sp³-hybridized carbons (Fsp3) is 0.0833. The number of pyridine rings is 1. The van der Waals surface area contributed by atoms with Crippen molar-refractivity contribution in [1.82, 2.24) is 4.98 Å². The highest BCUT2D eigenvalue weighted by Gasteiger charge is 2.19. The topological polar surface area (TPSA) is 59.1 Å². The number of nitrogens with one attached hydrogen (secondary N) is 1. The Kier molecular flexibility index (Phi) is 4.27. The van der Waals surface area contributed by atoms with Gasteiger partial charge in [-0.2, -0.15) is 0 Å². The molecule has 2 aromatic rings. The van der Waals surface area contributed by atoms with Crippen LogP contribution in [0.5, 0.6) is 0 Å². The highest BCUT2D eigenvalue weighted by atomic mass is 79.9. The maximum atomic E-state index is 12.3. The summed E-state index contributed by atoms with van der Waals surface area (Å²) < 4.78 is 28.1. The Balaban J connectivity index is 2.41. The summed E-state index contributed by atoms with van der Waals surface area (Å²) in [7, 11) is -3.67. The zero-order valence-corrected chi connectivity index (χ0v) is 13.9. The summed E-state index contributed by atoms with van der Waals surface area (Å²) in [6, 6.07) is 8.48. The largest absolute Gasteiger partial charge is 0.264 e. The average Bonchev–Trinajstić information content (AvgIpc) is 2.31. The van der Waals surface area contributed by atoms with Gasteiger partial charge in [-0.15, -0.1) is 0 Å². The number of halogens is 2. The predicted molar refractivity (Wildman–Crippen MR) is 81.6 cm³/mol. The number of sulfonamides is 1. The van der Waals surface area contributed by atoms with Crippen molar-refractivity contribution in [3.8, 4) is 0 Å². The number of rotatable bonds is 3. The van der Waals surface area contributed by atoms with Crippen LogP contribution in [0.25, 0.3) is 0 Å². The van der Waals surface area contributed by atoms with E-state index in [1.54, 1.807) is 30.3 Å². The molecular weight excluding hydrogens is 396 g/mol. The molecule has 1 heterocycles. The Bertz CT molecular complexity index is 717. The molecule has 0 saturated heterocycles. The molecule has 1 aromatic heterocycles. The van der Waals surface area contributed by atoms with Crippen LogP contribution in [0.1, 0.15) is 5.56 Å². The van der Waals surface area contributed by atoms with E-state index < -0.39 is 10.0 Å². The predicted octanol–water partition coefficient (Wildman–Crippen LogP) is 3.72. The maximum Gasteiger partial charge on any atom is 0.264 e. The smallest absolute Gasteiger partial charge is 0.262 e. The summed E-state index contributed by atoms with van der Waals surface area (Å²) in [5, 5.41) is 0. The van der Waals surface area contributed by atoms with Gasteiger partial charge in [-0.1, -0.05) is 6.07 Å². The van der Waals surface area contributed by atoms with E-state index in [2.05, 4.69) is 41.6 Å². The molecule has 0 fully saturated rings. The zero-order chi connectivity index (χ0) is 14.0. The Morgan fingerprint density at radius 1 is 1.16 bits per heavy atom. The second-order valence-corrected chi connectivity index (χ2v) is 7.23. The van der Waals surface area contributed by atoms with Crippen LogP contribution in [-0.2, 0) is 10.0 Å². The Hall–Kier alpha value is -0.920. The van der Waals surface area contributed by atoms with Crippen LogP contribution < -0.4 is 4.72 Å². The van der Waals surface area contributed by atoms with Crippen molar-refractivity contribution in [3.05, 3.63) is 51.0 Å². The molecule has 7 heteroatoms. The summed E-state index contributed by atoms with van der Waals surface area (Å²) >= 11 is 6.51. The minimum absolute atomic E-state index is 0.177. The first-order valence-corrected chi connectivity index (χ1v) is 8.36. The van der Waals surface area contributed by atoms with E-state index in [0.29, 0.717) is 8.95 Å². The van der Waals surface area contributed by atoms with Crippen LogP contribution in [0.4, 0.5) is 5.82 Å². The van der Waals surface area contributed by atoms with Gasteiger partial charge in [0.15, 0.2) is 5.82 Å². The van der Waals surface area contributed by atoms with Gasteiger partial charge in [-0.3, -0.25) is 4.72 Å². The standard InChI is InChI=1S/C12H10Br2N2O2S/c1-8-4-5-11(10(14)7-8)19(17,18)16-12-9(13)3-2-6-15-12/h2-7H,1H3,(H,15,16). The van der Waals surface area contributed by atoms with Crippen LogP contribution >= 0.6 is 31.9 Å². The molecule has 0 amide bonds. The van der Waals surface area contributed by atoms with Crippen LogP contribution in [0.3, 0.4) is 0 Å². The van der Waals surface area contributed by atoms with Crippen LogP contribution in [0.2, 0.25) is 0 Å². The Labute approximate surface area is 128 Å². The van der Waals surface area contributed by atoms with Crippen molar-refractivity contribution < 1.29 is 8.42 Å². The molecule has 0 spiro atoms. The van der Waals surface area contributed by atoms with Gasteiger partial charge in [-0.25, -0.2) is 13.4 Å². The third-order valence-electron chi connectivity index (χ3n) is 2.37. The summed E-state index contributed by atoms with van der Waals surface area (Å²) in [5.74, 6) is 0.259. The zero-order valence-electron chi connectivity index (χ0n) is 9.89. The molecule has 1 N–H and O–H groups in total. The first kappa shape index (κ1) is 14.5. The van der Waals surface area contributed by atoms with Gasteiger partial charge in [0.2, 0.25) is 0 Å². The molecule has 0 radical (unpaired) electrons. The van der Waals surface area contributed by atoms with E-state index in [4.69, 9.17) is 0 Å². The number of hydrogen-bond acceptors (Lipinski definition) is 3. The second kappa shape index (κ2) is 5.60. The SMILES string of the molecule is Cc1ccc(S(=O)(=O)Nc2ncccc2Br)c(Br)c1. The quantitative estimate of drug-likeness (QED) is 0.846. The number of nitrogens with zero attached hydrogens (tertiary/aromatic N) is 1. The fourth-order valence-corrected chi connectivity index (χ4v) is 4.17. The molecular formula is C12H10Br2N2O2S. The lowest BCUT2D eigenvalue weighted by Gasteiger charge is -2.10. The average molecular weight is 406 g/mol. The number of anilines is 1. The van der Waals surface area contributed by atoms with Crippen LogP contribution in [-0.4, -0.2) is 13.4 Å². The van der Waals surface area contributed by atoms with Crippen molar-refractivity contribution in [2.24, 2.45) is 0 Å².